The van der Waals surface area contributed by atoms with Gasteiger partial charge in [-0.3, -0.25) is 4.90 Å². The number of nitrogens with two attached hydrogens (primary N) is 1. The Kier molecular flexibility index (Phi) is 4.12. The molecule has 0 aliphatic carbocycles. The van der Waals surface area contributed by atoms with Crippen molar-refractivity contribution in [2.24, 2.45) is 5.14 Å². The van der Waals surface area contributed by atoms with Crippen LogP contribution in [0.2, 0.25) is 0 Å². The monoisotopic (exact) mass is 298 g/mol. The van der Waals surface area contributed by atoms with Crippen LogP contribution in [0, 0.1) is 0 Å². The fourth-order valence-corrected chi connectivity index (χ4v) is 3.13. The maximum atomic E-state index is 11.4. The van der Waals surface area contributed by atoms with Gasteiger partial charge in [0, 0.05) is 6.04 Å². The first kappa shape index (κ1) is 15.0. The van der Waals surface area contributed by atoms with Gasteiger partial charge in [0.25, 0.3) is 0 Å². The van der Waals surface area contributed by atoms with Crippen molar-refractivity contribution in [3.63, 3.8) is 0 Å². The van der Waals surface area contributed by atoms with Gasteiger partial charge in [-0.15, -0.1) is 0 Å². The minimum atomic E-state index is -3.84. The topological polar surface area (TPSA) is 101 Å². The van der Waals surface area contributed by atoms with Crippen LogP contribution in [0.3, 0.4) is 0 Å². The molecule has 1 unspecified atom stereocenters. The minimum Gasteiger partial charge on any atom is -0.478 e. The molecule has 1 heterocycles. The molecule has 1 aromatic rings. The molecule has 1 aliphatic heterocycles. The van der Waals surface area contributed by atoms with Crippen molar-refractivity contribution >= 4 is 16.0 Å². The zero-order chi connectivity index (χ0) is 14.9. The van der Waals surface area contributed by atoms with Crippen LogP contribution in [0.25, 0.3) is 0 Å². The van der Waals surface area contributed by atoms with E-state index < -0.39 is 16.0 Å². The number of nitrogens with zero attached hydrogens (tertiary/aromatic N) is 1. The molecule has 20 heavy (non-hydrogen) atoms. The highest BCUT2D eigenvalue weighted by atomic mass is 32.2. The quantitative estimate of drug-likeness (QED) is 0.869. The Labute approximate surface area is 118 Å². The first-order valence-corrected chi connectivity index (χ1v) is 7.99. The average Bonchev–Trinajstić information content (AvgIpc) is 2.89. The Morgan fingerprint density at radius 2 is 1.95 bits per heavy atom. The lowest BCUT2D eigenvalue weighted by Crippen LogP contribution is -2.25. The number of rotatable bonds is 4. The molecule has 1 aromatic carbocycles. The van der Waals surface area contributed by atoms with Crippen LogP contribution in [0.4, 0.5) is 0 Å². The predicted octanol–water partition coefficient (Wildman–Crippen LogP) is 1.19. The molecule has 0 saturated carbocycles. The molecule has 1 fully saturated rings. The highest BCUT2D eigenvalue weighted by Crippen LogP contribution is 2.29. The summed E-state index contributed by atoms with van der Waals surface area (Å²) in [5.41, 5.74) is 0.614. The molecule has 0 amide bonds. The molecule has 0 aromatic heterocycles. The first-order valence-electron chi connectivity index (χ1n) is 6.45. The van der Waals surface area contributed by atoms with Crippen LogP contribution >= 0.6 is 0 Å². The summed E-state index contributed by atoms with van der Waals surface area (Å²) < 4.78 is 22.9. The summed E-state index contributed by atoms with van der Waals surface area (Å²) >= 11 is 0. The largest absolute Gasteiger partial charge is 0.478 e. The molecule has 2 rings (SSSR count). The van der Waals surface area contributed by atoms with Gasteiger partial charge in [0.05, 0.1) is 10.5 Å². The second kappa shape index (κ2) is 5.51. The molecule has 110 valence electrons. The molecule has 0 bridgehead atoms. The molecule has 7 heteroatoms. The third kappa shape index (κ3) is 3.00. The van der Waals surface area contributed by atoms with Crippen LogP contribution < -0.4 is 5.14 Å². The smallest absolute Gasteiger partial charge is 0.336 e. The third-order valence-corrected chi connectivity index (χ3v) is 4.63. The first-order chi connectivity index (χ1) is 9.30. The highest BCUT2D eigenvalue weighted by Gasteiger charge is 2.25. The average molecular weight is 298 g/mol. The molecule has 6 nitrogen and oxygen atoms in total. The van der Waals surface area contributed by atoms with Gasteiger partial charge in [-0.2, -0.15) is 0 Å². The van der Waals surface area contributed by atoms with Gasteiger partial charge < -0.3 is 5.11 Å². The van der Waals surface area contributed by atoms with Crippen molar-refractivity contribution in [2.75, 3.05) is 13.1 Å². The Morgan fingerprint density at radius 1 is 1.35 bits per heavy atom. The van der Waals surface area contributed by atoms with Crippen LogP contribution in [-0.2, 0) is 10.0 Å². The lowest BCUT2D eigenvalue weighted by Gasteiger charge is -2.25. The standard InChI is InChI=1S/C13H18N2O4S/c1-9(15-6-2-3-7-15)12-8-10(20(14,18)19)4-5-11(12)13(16)17/h4-5,8-9H,2-3,6-7H2,1H3,(H,16,17)(H2,14,18,19). The number of benzene rings is 1. The maximum absolute atomic E-state index is 11.4. The molecule has 0 radical (unpaired) electrons. The summed E-state index contributed by atoms with van der Waals surface area (Å²) in [5.74, 6) is -1.06. The van der Waals surface area contributed by atoms with E-state index in [0.29, 0.717) is 5.56 Å². The van der Waals surface area contributed by atoms with Crippen molar-refractivity contribution in [1.82, 2.24) is 4.90 Å². The van der Waals surface area contributed by atoms with Crippen molar-refractivity contribution in [2.45, 2.75) is 30.7 Å². The summed E-state index contributed by atoms with van der Waals surface area (Å²) in [6.45, 7) is 3.67. The van der Waals surface area contributed by atoms with Gasteiger partial charge in [-0.05, 0) is 56.6 Å². The molecular weight excluding hydrogens is 280 g/mol. The lowest BCUT2D eigenvalue weighted by molar-refractivity contribution is 0.0693. The fraction of sp³-hybridized carbons (Fsp3) is 0.462. The Balaban J connectivity index is 2.49. The number of sulfonamides is 1. The zero-order valence-electron chi connectivity index (χ0n) is 11.2. The number of aromatic carboxylic acids is 1. The number of carboxylic acid groups (broad SMARTS) is 1. The molecule has 1 atom stereocenters. The Bertz CT molecular complexity index is 621. The molecule has 1 aliphatic rings. The van der Waals surface area contributed by atoms with Crippen LogP contribution in [0.1, 0.15) is 41.7 Å². The molecular formula is C13H18N2O4S. The summed E-state index contributed by atoms with van der Waals surface area (Å²) in [7, 11) is -3.84. The van der Waals surface area contributed by atoms with Crippen LogP contribution in [-0.4, -0.2) is 37.5 Å². The molecule has 3 N–H and O–H groups in total. The van der Waals surface area contributed by atoms with E-state index in [4.69, 9.17) is 5.14 Å². The number of carbonyl (C=O) groups is 1. The number of hydrogen-bond donors (Lipinski definition) is 2. The van der Waals surface area contributed by atoms with E-state index in [1.807, 2.05) is 6.92 Å². The molecule has 1 saturated heterocycles. The zero-order valence-corrected chi connectivity index (χ0v) is 12.1. The van der Waals surface area contributed by atoms with Crippen molar-refractivity contribution in [1.29, 1.82) is 0 Å². The molecule has 0 spiro atoms. The van der Waals surface area contributed by atoms with Crippen molar-refractivity contribution in [3.8, 4) is 0 Å². The van der Waals surface area contributed by atoms with Crippen molar-refractivity contribution < 1.29 is 18.3 Å². The van der Waals surface area contributed by atoms with E-state index in [9.17, 15) is 18.3 Å². The van der Waals surface area contributed by atoms with E-state index in [2.05, 4.69) is 4.90 Å². The predicted molar refractivity (Wildman–Crippen MR) is 74.0 cm³/mol. The van der Waals surface area contributed by atoms with E-state index >= 15 is 0 Å². The van der Waals surface area contributed by atoms with Gasteiger partial charge in [0.1, 0.15) is 0 Å². The van der Waals surface area contributed by atoms with Gasteiger partial charge in [-0.1, -0.05) is 0 Å². The van der Waals surface area contributed by atoms with Gasteiger partial charge >= 0.3 is 5.97 Å². The Morgan fingerprint density at radius 3 is 2.45 bits per heavy atom. The second-order valence-corrected chi connectivity index (χ2v) is 6.58. The number of likely N-dealkylation sites (tertiary alicyclic amines) is 1. The van der Waals surface area contributed by atoms with E-state index in [0.717, 1.165) is 25.9 Å². The summed E-state index contributed by atoms with van der Waals surface area (Å²) in [5, 5.41) is 14.4. The highest BCUT2D eigenvalue weighted by molar-refractivity contribution is 7.89. The maximum Gasteiger partial charge on any atom is 0.336 e. The van der Waals surface area contributed by atoms with E-state index in [-0.39, 0.29) is 16.5 Å². The Hall–Kier alpha value is -1.44. The van der Waals surface area contributed by atoms with E-state index in [1.165, 1.54) is 18.2 Å². The third-order valence-electron chi connectivity index (χ3n) is 3.72. The minimum absolute atomic E-state index is 0.0523. The fourth-order valence-electron chi connectivity index (χ4n) is 2.58. The SMILES string of the molecule is CC(c1cc(S(N)(=O)=O)ccc1C(=O)O)N1CCCC1. The number of primary sulfonamides is 1. The lowest BCUT2D eigenvalue weighted by atomic mass is 10.0. The summed E-state index contributed by atoms with van der Waals surface area (Å²) in [6.07, 6.45) is 2.14. The van der Waals surface area contributed by atoms with Crippen LogP contribution in [0.5, 0.6) is 0 Å². The van der Waals surface area contributed by atoms with Gasteiger partial charge in [0.2, 0.25) is 10.0 Å². The van der Waals surface area contributed by atoms with Crippen LogP contribution in [0.15, 0.2) is 23.1 Å². The number of hydrogen-bond acceptors (Lipinski definition) is 4. The van der Waals surface area contributed by atoms with Crippen molar-refractivity contribution in [3.05, 3.63) is 29.3 Å². The summed E-state index contributed by atoms with van der Waals surface area (Å²) in [4.78, 5) is 13.4. The van der Waals surface area contributed by atoms with Gasteiger partial charge in [0.15, 0.2) is 0 Å². The van der Waals surface area contributed by atoms with E-state index in [1.54, 1.807) is 0 Å². The number of carboxylic acids is 1. The van der Waals surface area contributed by atoms with Gasteiger partial charge in [-0.25, -0.2) is 18.4 Å². The second-order valence-electron chi connectivity index (χ2n) is 5.02. The summed E-state index contributed by atoms with van der Waals surface area (Å²) in [6, 6.07) is 3.77. The normalized spacial score (nSPS) is 18.1.